The van der Waals surface area contributed by atoms with Gasteiger partial charge in [-0.25, -0.2) is 0 Å². The molecule has 0 spiro atoms. The Morgan fingerprint density at radius 3 is 2.38 bits per heavy atom. The van der Waals surface area contributed by atoms with E-state index in [9.17, 15) is 4.79 Å². The van der Waals surface area contributed by atoms with E-state index in [0.29, 0.717) is 32.0 Å². The van der Waals surface area contributed by atoms with Gasteiger partial charge >= 0.3 is 0 Å². The van der Waals surface area contributed by atoms with Gasteiger partial charge in [0.25, 0.3) is 5.91 Å². The largest absolute Gasteiger partial charge is 0.378 e. The molecule has 2 N–H and O–H groups in total. The number of morpholine rings is 1. The molecule has 1 amide bonds. The van der Waals surface area contributed by atoms with Gasteiger partial charge in [0.05, 0.1) is 19.4 Å². The van der Waals surface area contributed by atoms with Crippen LogP contribution in [0.3, 0.4) is 0 Å². The van der Waals surface area contributed by atoms with Crippen LogP contribution in [-0.2, 0) is 4.74 Å². The predicted octanol–water partition coefficient (Wildman–Crippen LogP) is 2.54. The summed E-state index contributed by atoms with van der Waals surface area (Å²) in [7, 11) is 0. The monoisotopic (exact) mass is 322 g/mol. The van der Waals surface area contributed by atoms with Crippen LogP contribution >= 0.6 is 0 Å². The zero-order valence-corrected chi connectivity index (χ0v) is 13.2. The molecule has 1 aliphatic rings. The maximum atomic E-state index is 12.5. The maximum Gasteiger partial charge on any atom is 0.270 e. The second-order valence-electron chi connectivity index (χ2n) is 5.77. The molecule has 3 aromatic rings. The highest BCUT2D eigenvalue weighted by Crippen LogP contribution is 2.25. The van der Waals surface area contributed by atoms with Gasteiger partial charge in [-0.05, 0) is 22.8 Å². The summed E-state index contributed by atoms with van der Waals surface area (Å²) >= 11 is 0. The van der Waals surface area contributed by atoms with Gasteiger partial charge in [0, 0.05) is 31.0 Å². The van der Waals surface area contributed by atoms with E-state index in [-0.39, 0.29) is 5.91 Å². The first kappa shape index (κ1) is 14.7. The third-order valence-electron chi connectivity index (χ3n) is 4.26. The minimum atomic E-state index is 0.0274. The molecular weight excluding hydrogens is 304 g/mol. The Morgan fingerprint density at radius 2 is 1.71 bits per heavy atom. The van der Waals surface area contributed by atoms with Crippen LogP contribution in [0.1, 0.15) is 10.5 Å². The van der Waals surface area contributed by atoms with Crippen molar-refractivity contribution in [1.82, 2.24) is 20.1 Å². The molecule has 0 unspecified atom stereocenters. The SMILES string of the molecule is O=C(c1cc(-c2ccc(-c3cn[nH]c3)cc2)c[nH]1)N1CCOCC1. The normalized spacial score (nSPS) is 14.8. The third-order valence-corrected chi connectivity index (χ3v) is 4.26. The van der Waals surface area contributed by atoms with Crippen molar-refractivity contribution < 1.29 is 9.53 Å². The molecule has 24 heavy (non-hydrogen) atoms. The number of amides is 1. The molecule has 1 aliphatic heterocycles. The Hall–Kier alpha value is -2.86. The van der Waals surface area contributed by atoms with Crippen LogP contribution in [0.15, 0.2) is 48.9 Å². The summed E-state index contributed by atoms with van der Waals surface area (Å²) in [5.41, 5.74) is 4.85. The molecule has 0 saturated carbocycles. The molecule has 2 aromatic heterocycles. The lowest BCUT2D eigenvalue weighted by molar-refractivity contribution is 0.0299. The van der Waals surface area contributed by atoms with E-state index >= 15 is 0 Å². The number of carbonyl (C=O) groups excluding carboxylic acids is 1. The molecule has 3 heterocycles. The van der Waals surface area contributed by atoms with Crippen molar-refractivity contribution >= 4 is 5.91 Å². The molecule has 6 heteroatoms. The summed E-state index contributed by atoms with van der Waals surface area (Å²) in [5, 5.41) is 6.78. The first-order valence-electron chi connectivity index (χ1n) is 7.96. The average molecular weight is 322 g/mol. The lowest BCUT2D eigenvalue weighted by Crippen LogP contribution is -2.40. The number of hydrogen-bond acceptors (Lipinski definition) is 3. The summed E-state index contributed by atoms with van der Waals surface area (Å²) in [6.45, 7) is 2.50. The summed E-state index contributed by atoms with van der Waals surface area (Å²) in [4.78, 5) is 17.4. The van der Waals surface area contributed by atoms with Gasteiger partial charge in [0.2, 0.25) is 0 Å². The number of H-pyrrole nitrogens is 2. The number of nitrogens with one attached hydrogen (secondary N) is 2. The second-order valence-corrected chi connectivity index (χ2v) is 5.77. The number of aromatic amines is 2. The first-order chi connectivity index (χ1) is 11.8. The number of rotatable bonds is 3. The number of ether oxygens (including phenoxy) is 1. The van der Waals surface area contributed by atoms with Crippen molar-refractivity contribution in [3.63, 3.8) is 0 Å². The molecular formula is C18H18N4O2. The topological polar surface area (TPSA) is 74.0 Å². The van der Waals surface area contributed by atoms with E-state index in [1.807, 2.05) is 23.4 Å². The zero-order chi connectivity index (χ0) is 16.4. The predicted molar refractivity (Wildman–Crippen MR) is 90.5 cm³/mol. The lowest BCUT2D eigenvalue weighted by Gasteiger charge is -2.26. The number of carbonyl (C=O) groups is 1. The fourth-order valence-corrected chi connectivity index (χ4v) is 2.89. The van der Waals surface area contributed by atoms with Crippen molar-refractivity contribution in [2.24, 2.45) is 0 Å². The minimum Gasteiger partial charge on any atom is -0.378 e. The fourth-order valence-electron chi connectivity index (χ4n) is 2.89. The Bertz CT molecular complexity index is 815. The standard InChI is InChI=1S/C18H18N4O2/c23-18(22-5-7-24-8-6-22)17-9-15(10-19-17)13-1-3-14(4-2-13)16-11-20-21-12-16/h1-4,9-12,19H,5-8H2,(H,20,21). The van der Waals surface area contributed by atoms with Crippen molar-refractivity contribution in [3.8, 4) is 22.3 Å². The lowest BCUT2D eigenvalue weighted by atomic mass is 10.0. The molecule has 0 bridgehead atoms. The van der Waals surface area contributed by atoms with E-state index in [4.69, 9.17) is 4.74 Å². The minimum absolute atomic E-state index is 0.0274. The molecule has 0 radical (unpaired) electrons. The molecule has 0 atom stereocenters. The molecule has 1 saturated heterocycles. The van der Waals surface area contributed by atoms with Gasteiger partial charge in [-0.1, -0.05) is 24.3 Å². The molecule has 0 aliphatic carbocycles. The highest BCUT2D eigenvalue weighted by Gasteiger charge is 2.19. The van der Waals surface area contributed by atoms with E-state index in [1.54, 1.807) is 6.20 Å². The fraction of sp³-hybridized carbons (Fsp3) is 0.222. The molecule has 6 nitrogen and oxygen atoms in total. The number of nitrogens with zero attached hydrogens (tertiary/aromatic N) is 2. The highest BCUT2D eigenvalue weighted by atomic mass is 16.5. The third kappa shape index (κ3) is 2.83. The van der Waals surface area contributed by atoms with Gasteiger partial charge in [-0.3, -0.25) is 9.89 Å². The summed E-state index contributed by atoms with van der Waals surface area (Å²) in [6, 6.07) is 10.1. The van der Waals surface area contributed by atoms with E-state index in [2.05, 4.69) is 39.4 Å². The molecule has 122 valence electrons. The Kier molecular flexibility index (Phi) is 3.88. The number of hydrogen-bond donors (Lipinski definition) is 2. The van der Waals surface area contributed by atoms with Crippen LogP contribution in [0.5, 0.6) is 0 Å². The van der Waals surface area contributed by atoms with Crippen molar-refractivity contribution in [2.45, 2.75) is 0 Å². The van der Waals surface area contributed by atoms with E-state index in [0.717, 1.165) is 22.3 Å². The first-order valence-corrected chi connectivity index (χ1v) is 7.96. The smallest absolute Gasteiger partial charge is 0.270 e. The second kappa shape index (κ2) is 6.33. The Labute approximate surface area is 139 Å². The van der Waals surface area contributed by atoms with Crippen LogP contribution in [0.4, 0.5) is 0 Å². The summed E-state index contributed by atoms with van der Waals surface area (Å²) in [5.74, 6) is 0.0274. The van der Waals surface area contributed by atoms with Crippen molar-refractivity contribution in [3.05, 3.63) is 54.6 Å². The molecule has 1 fully saturated rings. The van der Waals surface area contributed by atoms with E-state index < -0.39 is 0 Å². The van der Waals surface area contributed by atoms with Crippen LogP contribution in [0.2, 0.25) is 0 Å². The quantitative estimate of drug-likeness (QED) is 0.778. The van der Waals surface area contributed by atoms with Gasteiger partial charge in [0.15, 0.2) is 0 Å². The van der Waals surface area contributed by atoms with Gasteiger partial charge < -0.3 is 14.6 Å². The van der Waals surface area contributed by atoms with Gasteiger partial charge in [-0.15, -0.1) is 0 Å². The summed E-state index contributed by atoms with van der Waals surface area (Å²) < 4.78 is 5.29. The average Bonchev–Trinajstić information content (AvgIpc) is 3.34. The highest BCUT2D eigenvalue weighted by molar-refractivity contribution is 5.94. The van der Waals surface area contributed by atoms with Crippen LogP contribution in [0, 0.1) is 0 Å². The van der Waals surface area contributed by atoms with Gasteiger partial charge in [0.1, 0.15) is 5.69 Å². The van der Waals surface area contributed by atoms with E-state index in [1.165, 1.54) is 0 Å². The maximum absolute atomic E-state index is 12.5. The number of benzene rings is 1. The summed E-state index contributed by atoms with van der Waals surface area (Å²) in [6.07, 6.45) is 5.54. The Balaban J connectivity index is 1.53. The van der Waals surface area contributed by atoms with Crippen LogP contribution in [-0.4, -0.2) is 52.3 Å². The molecule has 1 aromatic carbocycles. The zero-order valence-electron chi connectivity index (χ0n) is 13.2. The molecule has 4 rings (SSSR count). The van der Waals surface area contributed by atoms with Crippen LogP contribution < -0.4 is 0 Å². The van der Waals surface area contributed by atoms with Gasteiger partial charge in [-0.2, -0.15) is 5.10 Å². The van der Waals surface area contributed by atoms with Crippen molar-refractivity contribution in [2.75, 3.05) is 26.3 Å². The number of aromatic nitrogens is 3. The van der Waals surface area contributed by atoms with Crippen LogP contribution in [0.25, 0.3) is 22.3 Å². The Morgan fingerprint density at radius 1 is 1.00 bits per heavy atom. The van der Waals surface area contributed by atoms with Crippen molar-refractivity contribution in [1.29, 1.82) is 0 Å².